The van der Waals surface area contributed by atoms with Gasteiger partial charge < -0.3 is 15.0 Å². The molecule has 3 aromatic carbocycles. The summed E-state index contributed by atoms with van der Waals surface area (Å²) in [6.07, 6.45) is 2.02. The van der Waals surface area contributed by atoms with Crippen LogP contribution in [0.5, 0.6) is 5.75 Å². The maximum Gasteiger partial charge on any atom is 0.271 e. The zero-order chi connectivity index (χ0) is 30.0. The number of nitrogens with one attached hydrogen (secondary N) is 1. The van der Waals surface area contributed by atoms with Crippen molar-refractivity contribution in [1.82, 2.24) is 14.8 Å². The number of aromatic hydroxyl groups is 1. The van der Waals surface area contributed by atoms with Gasteiger partial charge in [0.2, 0.25) is 9.84 Å². The zero-order valence-electron chi connectivity index (χ0n) is 23.4. The number of benzene rings is 3. The Bertz CT molecular complexity index is 1930. The van der Waals surface area contributed by atoms with E-state index in [1.807, 2.05) is 37.3 Å². The number of anilines is 2. The first-order chi connectivity index (χ1) is 20.2. The highest BCUT2D eigenvalue weighted by atomic mass is 32.2. The third-order valence-electron chi connectivity index (χ3n) is 7.04. The Morgan fingerprint density at radius 2 is 1.62 bits per heavy atom. The standard InChI is InChI=1S/C32H30N4O5S/c1-4-27(37)25-14-10-9-13-24(25)21-15-17-23(18-16-21)42(40,41)31-30(38)29(36(5-2)22-11-7-6-8-12-22)28(33-32(31)39)26-19-20-35(3)34-26/h6-20H,4-5H2,1-3H3,(H2,33,38,39). The Kier molecular flexibility index (Phi) is 7.82. The van der Waals surface area contributed by atoms with Crippen LogP contribution in [0.1, 0.15) is 30.6 Å². The number of para-hydroxylation sites is 1. The number of aryl methyl sites for hydroxylation is 1. The van der Waals surface area contributed by atoms with Gasteiger partial charge in [0, 0.05) is 37.5 Å². The predicted molar refractivity (Wildman–Crippen MR) is 162 cm³/mol. The second kappa shape index (κ2) is 11.5. The van der Waals surface area contributed by atoms with Crippen molar-refractivity contribution >= 4 is 27.0 Å². The number of pyridine rings is 1. The van der Waals surface area contributed by atoms with E-state index < -0.39 is 26.0 Å². The summed E-state index contributed by atoms with van der Waals surface area (Å²) < 4.78 is 29.4. The molecule has 0 spiro atoms. The molecule has 2 aromatic heterocycles. The van der Waals surface area contributed by atoms with Crippen LogP contribution in [-0.2, 0) is 16.9 Å². The van der Waals surface area contributed by atoms with E-state index in [0.29, 0.717) is 41.0 Å². The molecule has 5 aromatic rings. The number of nitrogens with zero attached hydrogens (tertiary/aromatic N) is 3. The molecule has 2 N–H and O–H groups in total. The molecule has 0 saturated heterocycles. The van der Waals surface area contributed by atoms with Gasteiger partial charge in [0.05, 0.1) is 10.6 Å². The fourth-order valence-electron chi connectivity index (χ4n) is 4.99. The van der Waals surface area contributed by atoms with Crippen LogP contribution in [-0.4, -0.2) is 40.6 Å². The van der Waals surface area contributed by atoms with Crippen LogP contribution < -0.4 is 10.5 Å². The molecule has 9 nitrogen and oxygen atoms in total. The van der Waals surface area contributed by atoms with Gasteiger partial charge in [0.1, 0.15) is 11.4 Å². The van der Waals surface area contributed by atoms with Crippen LogP contribution in [0.2, 0.25) is 0 Å². The number of ketones is 1. The van der Waals surface area contributed by atoms with Gasteiger partial charge in [-0.05, 0) is 48.4 Å². The quantitative estimate of drug-likeness (QED) is 0.213. The lowest BCUT2D eigenvalue weighted by molar-refractivity contribution is 0.0988. The van der Waals surface area contributed by atoms with Crippen molar-refractivity contribution in [2.24, 2.45) is 7.05 Å². The van der Waals surface area contributed by atoms with Crippen LogP contribution in [0, 0.1) is 0 Å². The lowest BCUT2D eigenvalue weighted by Crippen LogP contribution is -2.24. The van der Waals surface area contributed by atoms with Gasteiger partial charge in [0.15, 0.2) is 16.4 Å². The maximum atomic E-state index is 13.9. The summed E-state index contributed by atoms with van der Waals surface area (Å²) in [6.45, 7) is 3.99. The Morgan fingerprint density at radius 1 is 0.952 bits per heavy atom. The van der Waals surface area contributed by atoms with Gasteiger partial charge in [-0.15, -0.1) is 0 Å². The van der Waals surface area contributed by atoms with Gasteiger partial charge in [-0.1, -0.05) is 61.5 Å². The Labute approximate surface area is 243 Å². The van der Waals surface area contributed by atoms with Gasteiger partial charge in [0.25, 0.3) is 5.56 Å². The fourth-order valence-corrected chi connectivity index (χ4v) is 6.36. The average molecular weight is 583 g/mol. The molecule has 5 rings (SSSR count). The van der Waals surface area contributed by atoms with Gasteiger partial charge in [-0.25, -0.2) is 8.42 Å². The SMILES string of the molecule is CCC(=O)c1ccccc1-c1ccc(S(=O)(=O)c2c(O)c(N(CC)c3ccccc3)c(-c3ccn(C)n3)[nH]c2=O)cc1. The highest BCUT2D eigenvalue weighted by Crippen LogP contribution is 2.43. The minimum atomic E-state index is -4.48. The van der Waals surface area contributed by atoms with E-state index >= 15 is 0 Å². The molecule has 0 atom stereocenters. The van der Waals surface area contributed by atoms with Crippen LogP contribution in [0.15, 0.2) is 106 Å². The van der Waals surface area contributed by atoms with E-state index in [2.05, 4.69) is 10.1 Å². The molecule has 42 heavy (non-hydrogen) atoms. The number of H-pyrrole nitrogens is 1. The summed E-state index contributed by atoms with van der Waals surface area (Å²) in [5, 5.41) is 16.0. The largest absolute Gasteiger partial charge is 0.504 e. The van der Waals surface area contributed by atoms with E-state index in [0.717, 1.165) is 0 Å². The third-order valence-corrected chi connectivity index (χ3v) is 8.85. The molecule has 0 aliphatic heterocycles. The number of rotatable bonds is 9. The van der Waals surface area contributed by atoms with Crippen molar-refractivity contribution in [2.75, 3.05) is 11.4 Å². The van der Waals surface area contributed by atoms with Crippen molar-refractivity contribution in [3.63, 3.8) is 0 Å². The van der Waals surface area contributed by atoms with E-state index in [4.69, 9.17) is 0 Å². The average Bonchev–Trinajstić information content (AvgIpc) is 3.44. The predicted octanol–water partition coefficient (Wildman–Crippen LogP) is 5.73. The first kappa shape index (κ1) is 28.6. The van der Waals surface area contributed by atoms with Crippen LogP contribution in [0.25, 0.3) is 22.5 Å². The molecule has 0 amide bonds. The lowest BCUT2D eigenvalue weighted by Gasteiger charge is -2.27. The van der Waals surface area contributed by atoms with Gasteiger partial charge in [-0.2, -0.15) is 5.10 Å². The molecule has 0 saturated carbocycles. The number of Topliss-reactive ketones (excluding diaryl/α,β-unsaturated/α-hetero) is 1. The Hall–Kier alpha value is -4.96. The first-order valence-corrected chi connectivity index (χ1v) is 14.9. The van der Waals surface area contributed by atoms with E-state index in [-0.39, 0.29) is 22.1 Å². The number of sulfone groups is 1. The molecular weight excluding hydrogens is 552 g/mol. The molecule has 0 radical (unpaired) electrons. The molecule has 0 bridgehead atoms. The molecule has 2 heterocycles. The monoisotopic (exact) mass is 582 g/mol. The summed E-state index contributed by atoms with van der Waals surface area (Å²) in [7, 11) is -2.77. The lowest BCUT2D eigenvalue weighted by atomic mass is 9.96. The Balaban J connectivity index is 1.67. The number of aromatic amines is 1. The summed E-state index contributed by atoms with van der Waals surface area (Å²) in [5.74, 6) is -0.703. The molecule has 214 valence electrons. The molecule has 0 aliphatic carbocycles. The Morgan fingerprint density at radius 3 is 2.24 bits per heavy atom. The second-order valence-corrected chi connectivity index (χ2v) is 11.5. The van der Waals surface area contributed by atoms with E-state index in [1.54, 1.807) is 72.2 Å². The summed E-state index contributed by atoms with van der Waals surface area (Å²) in [5.41, 5.74) is 2.26. The molecule has 10 heteroatoms. The second-order valence-electron chi connectivity index (χ2n) is 9.66. The zero-order valence-corrected chi connectivity index (χ0v) is 24.2. The maximum absolute atomic E-state index is 13.9. The summed E-state index contributed by atoms with van der Waals surface area (Å²) >= 11 is 0. The third kappa shape index (κ3) is 5.12. The smallest absolute Gasteiger partial charge is 0.271 e. The van der Waals surface area contributed by atoms with Crippen LogP contribution in [0.4, 0.5) is 11.4 Å². The molecule has 0 aliphatic rings. The first-order valence-electron chi connectivity index (χ1n) is 13.5. The van der Waals surface area contributed by atoms with Gasteiger partial charge >= 0.3 is 0 Å². The van der Waals surface area contributed by atoms with E-state index in [1.165, 1.54) is 12.1 Å². The van der Waals surface area contributed by atoms with Crippen molar-refractivity contribution < 1.29 is 18.3 Å². The highest BCUT2D eigenvalue weighted by Gasteiger charge is 2.32. The minimum absolute atomic E-state index is 0.0295. The molecular formula is C32H30N4O5S. The minimum Gasteiger partial charge on any atom is -0.504 e. The number of hydrogen-bond acceptors (Lipinski definition) is 7. The van der Waals surface area contributed by atoms with E-state index in [9.17, 15) is 23.1 Å². The highest BCUT2D eigenvalue weighted by molar-refractivity contribution is 7.91. The number of carbonyl (C=O) groups excluding carboxylic acids is 1. The normalized spacial score (nSPS) is 11.4. The van der Waals surface area contributed by atoms with Crippen LogP contribution in [0.3, 0.4) is 0 Å². The van der Waals surface area contributed by atoms with Crippen molar-refractivity contribution in [3.05, 3.63) is 107 Å². The summed E-state index contributed by atoms with van der Waals surface area (Å²) in [4.78, 5) is 29.4. The molecule has 0 unspecified atom stereocenters. The number of aromatic nitrogens is 3. The summed E-state index contributed by atoms with van der Waals surface area (Å²) in [6, 6.07) is 23.9. The number of hydrogen-bond donors (Lipinski definition) is 2. The fraction of sp³-hybridized carbons (Fsp3) is 0.156. The topological polar surface area (TPSA) is 125 Å². The van der Waals surface area contributed by atoms with Crippen molar-refractivity contribution in [2.45, 2.75) is 30.1 Å². The van der Waals surface area contributed by atoms with Gasteiger partial charge in [-0.3, -0.25) is 14.3 Å². The van der Waals surface area contributed by atoms with Crippen molar-refractivity contribution in [3.8, 4) is 28.3 Å². The molecule has 0 fully saturated rings. The number of carbonyl (C=O) groups is 1. The van der Waals surface area contributed by atoms with Crippen LogP contribution >= 0.6 is 0 Å². The van der Waals surface area contributed by atoms with Crippen molar-refractivity contribution in [1.29, 1.82) is 0 Å².